The Morgan fingerprint density at radius 1 is 1.18 bits per heavy atom. The summed E-state index contributed by atoms with van der Waals surface area (Å²) in [5, 5.41) is 12.7. The van der Waals surface area contributed by atoms with Gasteiger partial charge in [-0.05, 0) is 36.8 Å². The molecule has 0 radical (unpaired) electrons. The van der Waals surface area contributed by atoms with Crippen molar-refractivity contribution in [1.82, 2.24) is 5.32 Å². The van der Waals surface area contributed by atoms with Gasteiger partial charge in [-0.3, -0.25) is 0 Å². The highest BCUT2D eigenvalue weighted by Crippen LogP contribution is 2.29. The monoisotopic (exact) mass is 253 g/mol. The molecule has 0 aromatic heterocycles. The predicted molar refractivity (Wildman–Crippen MR) is 76.6 cm³/mol. The summed E-state index contributed by atoms with van der Waals surface area (Å²) in [6.45, 7) is 6.40. The minimum absolute atomic E-state index is 0.328. The molecule has 0 bridgehead atoms. The van der Waals surface area contributed by atoms with E-state index in [1.807, 2.05) is 23.9 Å². The Hall–Kier alpha value is -0.670. The van der Waals surface area contributed by atoms with Gasteiger partial charge in [-0.1, -0.05) is 26.0 Å². The molecular formula is C14H23NOS. The molecule has 0 atom stereocenters. The van der Waals surface area contributed by atoms with Crippen LogP contribution in [0.2, 0.25) is 0 Å². The maximum atomic E-state index is 9.20. The molecule has 0 aliphatic carbocycles. The highest BCUT2D eigenvalue weighted by molar-refractivity contribution is 8.00. The van der Waals surface area contributed by atoms with Crippen LogP contribution in [0.3, 0.4) is 0 Å². The number of phenolic OH excluding ortho intramolecular Hbond substituents is 1. The third-order valence-electron chi connectivity index (χ3n) is 3.43. The first-order valence-electron chi connectivity index (χ1n) is 6.19. The first-order valence-corrected chi connectivity index (χ1v) is 7.42. The maximum Gasteiger partial charge on any atom is 0.115 e. The fourth-order valence-electron chi connectivity index (χ4n) is 1.91. The maximum absolute atomic E-state index is 9.20. The first-order chi connectivity index (χ1) is 8.15. The van der Waals surface area contributed by atoms with Crippen LogP contribution in [-0.2, 0) is 6.54 Å². The van der Waals surface area contributed by atoms with Crippen molar-refractivity contribution in [2.75, 3.05) is 12.8 Å². The average molecular weight is 253 g/mol. The molecule has 0 aliphatic heterocycles. The van der Waals surface area contributed by atoms with Crippen LogP contribution in [0.4, 0.5) is 0 Å². The summed E-state index contributed by atoms with van der Waals surface area (Å²) in [4.78, 5) is 0. The SMILES string of the molecule is CCC(CC)(CNCc1ccc(O)cc1)SC. The van der Waals surface area contributed by atoms with Crippen LogP contribution in [0.5, 0.6) is 5.75 Å². The summed E-state index contributed by atoms with van der Waals surface area (Å²) < 4.78 is 0.358. The summed E-state index contributed by atoms with van der Waals surface area (Å²) in [6.07, 6.45) is 4.57. The molecule has 0 aliphatic rings. The van der Waals surface area contributed by atoms with Gasteiger partial charge >= 0.3 is 0 Å². The third-order valence-corrected chi connectivity index (χ3v) is 5.02. The molecule has 0 spiro atoms. The molecule has 1 rings (SSSR count). The topological polar surface area (TPSA) is 32.3 Å². The van der Waals surface area contributed by atoms with Crippen LogP contribution in [-0.4, -0.2) is 22.7 Å². The summed E-state index contributed by atoms with van der Waals surface area (Å²) in [5.74, 6) is 0.328. The Morgan fingerprint density at radius 2 is 1.76 bits per heavy atom. The van der Waals surface area contributed by atoms with Crippen molar-refractivity contribution in [3.63, 3.8) is 0 Å². The van der Waals surface area contributed by atoms with Gasteiger partial charge < -0.3 is 10.4 Å². The number of phenols is 1. The van der Waals surface area contributed by atoms with Crippen LogP contribution in [0, 0.1) is 0 Å². The van der Waals surface area contributed by atoms with Crippen molar-refractivity contribution in [1.29, 1.82) is 0 Å². The van der Waals surface area contributed by atoms with Crippen molar-refractivity contribution in [3.05, 3.63) is 29.8 Å². The fraction of sp³-hybridized carbons (Fsp3) is 0.571. The lowest BCUT2D eigenvalue weighted by Gasteiger charge is -2.30. The van der Waals surface area contributed by atoms with E-state index < -0.39 is 0 Å². The number of thioether (sulfide) groups is 1. The molecule has 1 aromatic rings. The quantitative estimate of drug-likeness (QED) is 0.781. The van der Waals surface area contributed by atoms with E-state index in [-0.39, 0.29) is 0 Å². The van der Waals surface area contributed by atoms with Gasteiger partial charge in [-0.25, -0.2) is 0 Å². The zero-order chi connectivity index (χ0) is 12.7. The van der Waals surface area contributed by atoms with E-state index in [0.29, 0.717) is 10.5 Å². The molecule has 1 aromatic carbocycles. The largest absolute Gasteiger partial charge is 0.508 e. The highest BCUT2D eigenvalue weighted by atomic mass is 32.2. The van der Waals surface area contributed by atoms with Crippen molar-refractivity contribution in [3.8, 4) is 5.75 Å². The number of aromatic hydroxyl groups is 1. The van der Waals surface area contributed by atoms with Crippen molar-refractivity contribution < 1.29 is 5.11 Å². The van der Waals surface area contributed by atoms with Gasteiger partial charge in [-0.2, -0.15) is 11.8 Å². The lowest BCUT2D eigenvalue weighted by atomic mass is 10.0. The molecule has 0 saturated carbocycles. The molecule has 0 fully saturated rings. The number of benzene rings is 1. The standard InChI is InChI=1S/C14H23NOS/c1-4-14(5-2,17-3)11-15-10-12-6-8-13(16)9-7-12/h6-9,15-16H,4-5,10-11H2,1-3H3. The lowest BCUT2D eigenvalue weighted by Crippen LogP contribution is -2.36. The van der Waals surface area contributed by atoms with E-state index in [2.05, 4.69) is 25.4 Å². The van der Waals surface area contributed by atoms with Gasteiger partial charge in [0.05, 0.1) is 0 Å². The Morgan fingerprint density at radius 3 is 2.24 bits per heavy atom. The zero-order valence-corrected chi connectivity index (χ0v) is 11.8. The molecule has 2 nitrogen and oxygen atoms in total. The normalized spacial score (nSPS) is 11.7. The Bertz CT molecular complexity index is 311. The second-order valence-electron chi connectivity index (χ2n) is 4.36. The molecule has 2 N–H and O–H groups in total. The van der Waals surface area contributed by atoms with Crippen LogP contribution in [0.15, 0.2) is 24.3 Å². The van der Waals surface area contributed by atoms with Gasteiger partial charge in [0.1, 0.15) is 5.75 Å². The Balaban J connectivity index is 2.43. The van der Waals surface area contributed by atoms with Crippen LogP contribution in [0.1, 0.15) is 32.3 Å². The summed E-state index contributed by atoms with van der Waals surface area (Å²) in [5.41, 5.74) is 1.21. The van der Waals surface area contributed by atoms with E-state index in [0.717, 1.165) is 13.1 Å². The highest BCUT2D eigenvalue weighted by Gasteiger charge is 2.23. The van der Waals surface area contributed by atoms with Gasteiger partial charge in [0, 0.05) is 17.8 Å². The number of hydrogen-bond acceptors (Lipinski definition) is 3. The van der Waals surface area contributed by atoms with Crippen molar-refractivity contribution in [2.45, 2.75) is 38.0 Å². The van der Waals surface area contributed by atoms with E-state index in [9.17, 15) is 5.11 Å². The Labute approximate surface area is 109 Å². The van der Waals surface area contributed by atoms with Crippen LogP contribution >= 0.6 is 11.8 Å². The van der Waals surface area contributed by atoms with E-state index in [1.54, 1.807) is 12.1 Å². The Kier molecular flexibility index (Phi) is 5.86. The molecule has 0 unspecified atom stereocenters. The molecule has 0 saturated heterocycles. The van der Waals surface area contributed by atoms with Gasteiger partial charge in [0.25, 0.3) is 0 Å². The summed E-state index contributed by atoms with van der Waals surface area (Å²) in [7, 11) is 0. The molecule has 0 heterocycles. The van der Waals surface area contributed by atoms with E-state index in [1.165, 1.54) is 18.4 Å². The number of hydrogen-bond donors (Lipinski definition) is 2. The average Bonchev–Trinajstić information content (AvgIpc) is 2.38. The second kappa shape index (κ2) is 6.92. The van der Waals surface area contributed by atoms with Gasteiger partial charge in [-0.15, -0.1) is 0 Å². The minimum Gasteiger partial charge on any atom is -0.508 e. The van der Waals surface area contributed by atoms with Crippen molar-refractivity contribution in [2.24, 2.45) is 0 Å². The minimum atomic E-state index is 0.328. The van der Waals surface area contributed by atoms with Crippen LogP contribution in [0.25, 0.3) is 0 Å². The van der Waals surface area contributed by atoms with Gasteiger partial charge in [0.2, 0.25) is 0 Å². The smallest absolute Gasteiger partial charge is 0.115 e. The molecular weight excluding hydrogens is 230 g/mol. The number of rotatable bonds is 7. The summed E-state index contributed by atoms with van der Waals surface area (Å²) in [6, 6.07) is 7.39. The van der Waals surface area contributed by atoms with Gasteiger partial charge in [0.15, 0.2) is 0 Å². The van der Waals surface area contributed by atoms with E-state index in [4.69, 9.17) is 0 Å². The third kappa shape index (κ3) is 4.25. The first kappa shape index (κ1) is 14.4. The van der Waals surface area contributed by atoms with E-state index >= 15 is 0 Å². The van der Waals surface area contributed by atoms with Crippen molar-refractivity contribution >= 4 is 11.8 Å². The predicted octanol–water partition coefficient (Wildman–Crippen LogP) is 3.40. The molecule has 96 valence electrons. The second-order valence-corrected chi connectivity index (χ2v) is 5.64. The molecule has 3 heteroatoms. The van der Waals surface area contributed by atoms with Crippen LogP contribution < -0.4 is 5.32 Å². The fourth-order valence-corrected chi connectivity index (χ4v) is 2.73. The lowest BCUT2D eigenvalue weighted by molar-refractivity contribution is 0.474. The number of nitrogens with one attached hydrogen (secondary N) is 1. The molecule has 17 heavy (non-hydrogen) atoms. The molecule has 0 amide bonds. The summed E-state index contributed by atoms with van der Waals surface area (Å²) >= 11 is 1.95. The zero-order valence-electron chi connectivity index (χ0n) is 11.0.